The van der Waals surface area contributed by atoms with E-state index in [4.69, 9.17) is 5.73 Å². The summed E-state index contributed by atoms with van der Waals surface area (Å²) in [6.45, 7) is 1.29. The second-order valence-corrected chi connectivity index (χ2v) is 3.08. The van der Waals surface area contributed by atoms with Gasteiger partial charge in [-0.3, -0.25) is 0 Å². The van der Waals surface area contributed by atoms with Crippen LogP contribution in [-0.2, 0) is 13.1 Å². The summed E-state index contributed by atoms with van der Waals surface area (Å²) < 4.78 is 0. The van der Waals surface area contributed by atoms with Gasteiger partial charge >= 0.3 is 0 Å². The van der Waals surface area contributed by atoms with Crippen molar-refractivity contribution >= 4 is 12.4 Å². The van der Waals surface area contributed by atoms with Gasteiger partial charge in [-0.15, -0.1) is 12.4 Å². The minimum atomic E-state index is 0. The molecule has 0 radical (unpaired) electrons. The molecule has 0 aliphatic rings. The second kappa shape index (κ2) is 5.48. The summed E-state index contributed by atoms with van der Waals surface area (Å²) in [6.07, 6.45) is 3.35. The maximum Gasteiger partial charge on any atom is 0.0857 e. The normalized spacial score (nSPS) is 9.67. The van der Waals surface area contributed by atoms with Crippen molar-refractivity contribution in [3.8, 4) is 0 Å². The van der Waals surface area contributed by atoms with Crippen LogP contribution in [0, 0.1) is 0 Å². The first-order valence-corrected chi connectivity index (χ1v) is 4.50. The molecule has 4 nitrogen and oxygen atoms in total. The van der Waals surface area contributed by atoms with Crippen LogP contribution in [0.5, 0.6) is 0 Å². The SMILES string of the molecule is Cl.NCc1ccc(Cn2nccn2)cc1. The third-order valence-electron chi connectivity index (χ3n) is 2.05. The van der Waals surface area contributed by atoms with Crippen LogP contribution in [0.1, 0.15) is 11.1 Å². The minimum Gasteiger partial charge on any atom is -0.326 e. The fourth-order valence-electron chi connectivity index (χ4n) is 1.27. The third-order valence-corrected chi connectivity index (χ3v) is 2.05. The van der Waals surface area contributed by atoms with Crippen LogP contribution in [0.2, 0.25) is 0 Å². The molecule has 15 heavy (non-hydrogen) atoms. The van der Waals surface area contributed by atoms with Gasteiger partial charge in [0.05, 0.1) is 18.9 Å². The molecule has 0 atom stereocenters. The Kier molecular flexibility index (Phi) is 4.27. The van der Waals surface area contributed by atoms with Crippen molar-refractivity contribution in [3.05, 3.63) is 47.8 Å². The van der Waals surface area contributed by atoms with Crippen LogP contribution in [0.15, 0.2) is 36.7 Å². The van der Waals surface area contributed by atoms with E-state index in [9.17, 15) is 0 Å². The minimum absolute atomic E-state index is 0. The van der Waals surface area contributed by atoms with Gasteiger partial charge in [-0.2, -0.15) is 15.0 Å². The standard InChI is InChI=1S/C10H12N4.ClH/c11-7-9-1-3-10(4-2-9)8-14-12-5-6-13-14;/h1-6H,7-8,11H2;1H. The summed E-state index contributed by atoms with van der Waals surface area (Å²) in [7, 11) is 0. The van der Waals surface area contributed by atoms with Crippen molar-refractivity contribution < 1.29 is 0 Å². The summed E-state index contributed by atoms with van der Waals surface area (Å²) in [4.78, 5) is 1.65. The van der Waals surface area contributed by atoms with Crippen LogP contribution in [0.4, 0.5) is 0 Å². The zero-order chi connectivity index (χ0) is 9.80. The molecule has 0 unspecified atom stereocenters. The van der Waals surface area contributed by atoms with Crippen molar-refractivity contribution in [1.82, 2.24) is 15.0 Å². The number of hydrogen-bond acceptors (Lipinski definition) is 3. The predicted octanol–water partition coefficient (Wildman–Crippen LogP) is 1.21. The molecular weight excluding hydrogens is 212 g/mol. The van der Waals surface area contributed by atoms with Gasteiger partial charge in [0, 0.05) is 6.54 Å². The van der Waals surface area contributed by atoms with Gasteiger partial charge in [0.15, 0.2) is 0 Å². The van der Waals surface area contributed by atoms with Crippen molar-refractivity contribution in [3.63, 3.8) is 0 Å². The maximum absolute atomic E-state index is 5.51. The Morgan fingerprint density at radius 2 is 1.53 bits per heavy atom. The molecule has 1 heterocycles. The lowest BCUT2D eigenvalue weighted by Crippen LogP contribution is -2.03. The summed E-state index contributed by atoms with van der Waals surface area (Å²) in [5.41, 5.74) is 7.83. The molecule has 0 aliphatic heterocycles. The predicted molar refractivity (Wildman–Crippen MR) is 60.7 cm³/mol. The molecule has 0 saturated carbocycles. The van der Waals surface area contributed by atoms with Crippen LogP contribution in [0.25, 0.3) is 0 Å². The Morgan fingerprint density at radius 1 is 1.00 bits per heavy atom. The van der Waals surface area contributed by atoms with E-state index in [-0.39, 0.29) is 12.4 Å². The zero-order valence-electron chi connectivity index (χ0n) is 8.21. The van der Waals surface area contributed by atoms with Crippen LogP contribution >= 0.6 is 12.4 Å². The number of halogens is 1. The molecule has 0 aliphatic carbocycles. The van der Waals surface area contributed by atoms with Gasteiger partial charge in [-0.05, 0) is 11.1 Å². The maximum atomic E-state index is 5.51. The molecule has 5 heteroatoms. The van der Waals surface area contributed by atoms with Gasteiger partial charge < -0.3 is 5.73 Å². The molecular formula is C10H13ClN4. The van der Waals surface area contributed by atoms with Gasteiger partial charge in [0.1, 0.15) is 0 Å². The summed E-state index contributed by atoms with van der Waals surface area (Å²) in [5.74, 6) is 0. The van der Waals surface area contributed by atoms with E-state index in [1.54, 1.807) is 17.2 Å². The Bertz CT molecular complexity index is 382. The molecule has 0 amide bonds. The topological polar surface area (TPSA) is 56.7 Å². The number of benzene rings is 1. The molecule has 0 saturated heterocycles. The van der Waals surface area contributed by atoms with Gasteiger partial charge in [0.2, 0.25) is 0 Å². The first-order chi connectivity index (χ1) is 6.88. The molecule has 0 spiro atoms. The third kappa shape index (κ3) is 3.04. The fourth-order valence-corrected chi connectivity index (χ4v) is 1.27. The molecule has 2 aromatic rings. The number of nitrogens with zero attached hydrogens (tertiary/aromatic N) is 3. The average Bonchev–Trinajstić information content (AvgIpc) is 2.72. The fraction of sp³-hybridized carbons (Fsp3) is 0.200. The van der Waals surface area contributed by atoms with Gasteiger partial charge in [0.25, 0.3) is 0 Å². The van der Waals surface area contributed by atoms with Crippen LogP contribution < -0.4 is 5.73 Å². The van der Waals surface area contributed by atoms with Gasteiger partial charge in [-0.25, -0.2) is 0 Å². The summed E-state index contributed by atoms with van der Waals surface area (Å²) in [6, 6.07) is 8.15. The van der Waals surface area contributed by atoms with E-state index >= 15 is 0 Å². The molecule has 1 aromatic carbocycles. The highest BCUT2D eigenvalue weighted by Gasteiger charge is 1.95. The molecule has 80 valence electrons. The Morgan fingerprint density at radius 3 is 2.07 bits per heavy atom. The molecule has 2 N–H and O–H groups in total. The Labute approximate surface area is 94.5 Å². The van der Waals surface area contributed by atoms with Crippen molar-refractivity contribution in [2.45, 2.75) is 13.1 Å². The monoisotopic (exact) mass is 224 g/mol. The summed E-state index contributed by atoms with van der Waals surface area (Å²) >= 11 is 0. The molecule has 0 bridgehead atoms. The first-order valence-electron chi connectivity index (χ1n) is 4.50. The first kappa shape index (κ1) is 11.7. The molecule has 0 fully saturated rings. The summed E-state index contributed by atoms with van der Waals surface area (Å²) in [5, 5.41) is 8.07. The average molecular weight is 225 g/mol. The van der Waals surface area contributed by atoms with E-state index in [0.717, 1.165) is 5.56 Å². The smallest absolute Gasteiger partial charge is 0.0857 e. The quantitative estimate of drug-likeness (QED) is 0.853. The van der Waals surface area contributed by atoms with Crippen molar-refractivity contribution in [1.29, 1.82) is 0 Å². The van der Waals surface area contributed by atoms with E-state index in [1.807, 2.05) is 24.3 Å². The highest BCUT2D eigenvalue weighted by molar-refractivity contribution is 5.85. The molecule has 2 rings (SSSR count). The van der Waals surface area contributed by atoms with E-state index in [2.05, 4.69) is 10.2 Å². The number of nitrogens with two attached hydrogens (primary N) is 1. The lowest BCUT2D eigenvalue weighted by Gasteiger charge is -2.01. The lowest BCUT2D eigenvalue weighted by atomic mass is 10.1. The highest BCUT2D eigenvalue weighted by Crippen LogP contribution is 2.04. The van der Waals surface area contributed by atoms with Crippen molar-refractivity contribution in [2.75, 3.05) is 0 Å². The zero-order valence-corrected chi connectivity index (χ0v) is 9.02. The van der Waals surface area contributed by atoms with Crippen molar-refractivity contribution in [2.24, 2.45) is 5.73 Å². The Hall–Kier alpha value is -1.39. The van der Waals surface area contributed by atoms with Crippen LogP contribution in [0.3, 0.4) is 0 Å². The van der Waals surface area contributed by atoms with Crippen LogP contribution in [-0.4, -0.2) is 15.0 Å². The van der Waals surface area contributed by atoms with E-state index in [1.165, 1.54) is 5.56 Å². The van der Waals surface area contributed by atoms with E-state index in [0.29, 0.717) is 13.1 Å². The number of hydrogen-bond donors (Lipinski definition) is 1. The van der Waals surface area contributed by atoms with Gasteiger partial charge in [-0.1, -0.05) is 24.3 Å². The molecule has 1 aromatic heterocycles. The van der Waals surface area contributed by atoms with E-state index < -0.39 is 0 Å². The number of rotatable bonds is 3. The number of aromatic nitrogens is 3. The Balaban J connectivity index is 0.00000112. The lowest BCUT2D eigenvalue weighted by molar-refractivity contribution is 0.591. The largest absolute Gasteiger partial charge is 0.326 e. The second-order valence-electron chi connectivity index (χ2n) is 3.08. The highest BCUT2D eigenvalue weighted by atomic mass is 35.5.